The predicted molar refractivity (Wildman–Crippen MR) is 62.0 cm³/mol. The molecule has 17 heavy (non-hydrogen) atoms. The maximum Gasteiger partial charge on any atom is 0.165 e. The van der Waals surface area contributed by atoms with Gasteiger partial charge in [0, 0.05) is 5.56 Å². The predicted octanol–water partition coefficient (Wildman–Crippen LogP) is 1.46. The van der Waals surface area contributed by atoms with Crippen LogP contribution >= 0.6 is 0 Å². The van der Waals surface area contributed by atoms with Crippen LogP contribution in [0, 0.1) is 0 Å². The molecular weight excluding hydrogens is 218 g/mol. The van der Waals surface area contributed by atoms with Crippen molar-refractivity contribution >= 4 is 5.82 Å². The first-order chi connectivity index (χ1) is 8.25. The van der Waals surface area contributed by atoms with E-state index < -0.39 is 0 Å². The van der Waals surface area contributed by atoms with E-state index in [-0.39, 0.29) is 5.75 Å². The van der Waals surface area contributed by atoms with E-state index in [1.54, 1.807) is 18.2 Å². The third-order valence-corrected chi connectivity index (χ3v) is 2.75. The molecule has 5 nitrogen and oxygen atoms in total. The highest BCUT2D eigenvalue weighted by molar-refractivity contribution is 5.65. The molecule has 0 radical (unpaired) electrons. The number of benzene rings is 1. The van der Waals surface area contributed by atoms with Gasteiger partial charge < -0.3 is 15.6 Å². The minimum atomic E-state index is 0.144. The van der Waals surface area contributed by atoms with Gasteiger partial charge in [-0.3, -0.25) is 0 Å². The molecule has 2 aromatic rings. The summed E-state index contributed by atoms with van der Waals surface area (Å²) in [6.07, 6.45) is 0. The van der Waals surface area contributed by atoms with Gasteiger partial charge in [-0.05, 0) is 12.1 Å². The summed E-state index contributed by atoms with van der Waals surface area (Å²) in [4.78, 5) is 8.57. The molecule has 1 aliphatic heterocycles. The number of ether oxygens (including phenoxy) is 1. The number of para-hydroxylation sites is 1. The van der Waals surface area contributed by atoms with Crippen LogP contribution in [0.5, 0.6) is 5.75 Å². The van der Waals surface area contributed by atoms with Crippen LogP contribution in [0.3, 0.4) is 0 Å². The van der Waals surface area contributed by atoms with Gasteiger partial charge in [0.2, 0.25) is 0 Å². The Balaban J connectivity index is 2.17. The van der Waals surface area contributed by atoms with E-state index in [1.807, 2.05) is 6.07 Å². The molecule has 3 N–H and O–H groups in total. The van der Waals surface area contributed by atoms with E-state index in [9.17, 15) is 5.11 Å². The van der Waals surface area contributed by atoms with E-state index >= 15 is 0 Å². The SMILES string of the molecule is Nc1nc(-c2ccccc2O)nc2c1COC2. The van der Waals surface area contributed by atoms with Gasteiger partial charge in [0.15, 0.2) is 5.82 Å². The minimum absolute atomic E-state index is 0.144. The van der Waals surface area contributed by atoms with E-state index in [4.69, 9.17) is 10.5 Å². The lowest BCUT2D eigenvalue weighted by Gasteiger charge is -2.06. The van der Waals surface area contributed by atoms with Gasteiger partial charge >= 0.3 is 0 Å². The topological polar surface area (TPSA) is 81.3 Å². The molecule has 2 heterocycles. The number of phenols is 1. The van der Waals surface area contributed by atoms with Crippen molar-refractivity contribution in [1.82, 2.24) is 9.97 Å². The Hall–Kier alpha value is -2.14. The quantitative estimate of drug-likeness (QED) is 0.773. The summed E-state index contributed by atoms with van der Waals surface area (Å²) in [7, 11) is 0. The zero-order chi connectivity index (χ0) is 11.8. The number of rotatable bonds is 1. The molecule has 0 aliphatic carbocycles. The highest BCUT2D eigenvalue weighted by atomic mass is 16.5. The highest BCUT2D eigenvalue weighted by Gasteiger charge is 2.19. The third kappa shape index (κ3) is 1.60. The van der Waals surface area contributed by atoms with Crippen molar-refractivity contribution in [2.75, 3.05) is 5.73 Å². The molecule has 1 aliphatic rings. The molecule has 0 spiro atoms. The average molecular weight is 229 g/mol. The highest BCUT2D eigenvalue weighted by Crippen LogP contribution is 2.30. The normalized spacial score (nSPS) is 13.6. The number of anilines is 1. The smallest absolute Gasteiger partial charge is 0.165 e. The zero-order valence-corrected chi connectivity index (χ0v) is 9.05. The molecule has 1 aromatic heterocycles. The Labute approximate surface area is 97.9 Å². The van der Waals surface area contributed by atoms with Crippen molar-refractivity contribution in [3.63, 3.8) is 0 Å². The molecule has 3 rings (SSSR count). The summed E-state index contributed by atoms with van der Waals surface area (Å²) in [5, 5.41) is 9.75. The lowest BCUT2D eigenvalue weighted by molar-refractivity contribution is 0.133. The number of aromatic hydroxyl groups is 1. The van der Waals surface area contributed by atoms with Crippen LogP contribution in [0.2, 0.25) is 0 Å². The fourth-order valence-corrected chi connectivity index (χ4v) is 1.86. The van der Waals surface area contributed by atoms with E-state index in [0.717, 1.165) is 11.3 Å². The van der Waals surface area contributed by atoms with Gasteiger partial charge in [-0.25, -0.2) is 9.97 Å². The van der Waals surface area contributed by atoms with Crippen LogP contribution in [0.15, 0.2) is 24.3 Å². The average Bonchev–Trinajstić information content (AvgIpc) is 2.78. The second-order valence-electron chi connectivity index (χ2n) is 3.87. The fraction of sp³-hybridized carbons (Fsp3) is 0.167. The second-order valence-corrected chi connectivity index (χ2v) is 3.87. The summed E-state index contributed by atoms with van der Waals surface area (Å²) in [6.45, 7) is 0.908. The number of aromatic nitrogens is 2. The first-order valence-corrected chi connectivity index (χ1v) is 5.27. The largest absolute Gasteiger partial charge is 0.507 e. The molecule has 0 saturated heterocycles. The Bertz CT molecular complexity index is 584. The first-order valence-electron chi connectivity index (χ1n) is 5.27. The summed E-state index contributed by atoms with van der Waals surface area (Å²) in [5.74, 6) is 1.00. The Morgan fingerprint density at radius 2 is 2.00 bits per heavy atom. The zero-order valence-electron chi connectivity index (χ0n) is 9.05. The van der Waals surface area contributed by atoms with Crippen LogP contribution in [-0.4, -0.2) is 15.1 Å². The van der Waals surface area contributed by atoms with Gasteiger partial charge in [-0.1, -0.05) is 12.1 Å². The lowest BCUT2D eigenvalue weighted by Crippen LogP contribution is -2.02. The van der Waals surface area contributed by atoms with Crippen LogP contribution in [-0.2, 0) is 18.0 Å². The number of nitrogens with zero attached hydrogens (tertiary/aromatic N) is 2. The first kappa shape index (κ1) is 10.0. The van der Waals surface area contributed by atoms with Crippen LogP contribution in [0.4, 0.5) is 5.82 Å². The molecule has 0 amide bonds. The summed E-state index contributed by atoms with van der Waals surface area (Å²) < 4.78 is 5.27. The molecule has 0 bridgehead atoms. The van der Waals surface area contributed by atoms with E-state index in [1.165, 1.54) is 0 Å². The Morgan fingerprint density at radius 1 is 1.18 bits per heavy atom. The van der Waals surface area contributed by atoms with Gasteiger partial charge in [-0.15, -0.1) is 0 Å². The van der Waals surface area contributed by atoms with Crippen molar-refractivity contribution in [3.8, 4) is 17.1 Å². The van der Waals surface area contributed by atoms with Crippen molar-refractivity contribution in [3.05, 3.63) is 35.5 Å². The van der Waals surface area contributed by atoms with Crippen LogP contribution < -0.4 is 5.73 Å². The molecule has 86 valence electrons. The molecule has 1 aromatic carbocycles. The Morgan fingerprint density at radius 3 is 2.82 bits per heavy atom. The van der Waals surface area contributed by atoms with Gasteiger partial charge in [-0.2, -0.15) is 0 Å². The molecule has 0 fully saturated rings. The number of phenolic OH excluding ortho intramolecular Hbond substituents is 1. The monoisotopic (exact) mass is 229 g/mol. The Kier molecular flexibility index (Phi) is 2.19. The molecule has 0 saturated carbocycles. The van der Waals surface area contributed by atoms with Gasteiger partial charge in [0.05, 0.1) is 24.5 Å². The summed E-state index contributed by atoms with van der Waals surface area (Å²) in [6, 6.07) is 6.92. The number of hydrogen-bond donors (Lipinski definition) is 2. The molecule has 5 heteroatoms. The summed E-state index contributed by atoms with van der Waals surface area (Å²) >= 11 is 0. The molecule has 0 unspecified atom stereocenters. The van der Waals surface area contributed by atoms with Crippen molar-refractivity contribution in [2.45, 2.75) is 13.2 Å². The van der Waals surface area contributed by atoms with Crippen molar-refractivity contribution in [1.29, 1.82) is 0 Å². The molecular formula is C12H11N3O2. The molecule has 0 atom stereocenters. The minimum Gasteiger partial charge on any atom is -0.507 e. The van der Waals surface area contributed by atoms with E-state index in [0.29, 0.717) is 30.4 Å². The van der Waals surface area contributed by atoms with Crippen LogP contribution in [0.25, 0.3) is 11.4 Å². The third-order valence-electron chi connectivity index (χ3n) is 2.75. The standard InChI is InChI=1S/C12H11N3O2/c13-11-8-5-17-6-9(8)14-12(15-11)7-3-1-2-4-10(7)16/h1-4,16H,5-6H2,(H2,13,14,15). The van der Waals surface area contributed by atoms with Crippen molar-refractivity contribution < 1.29 is 9.84 Å². The maximum absolute atomic E-state index is 9.75. The lowest BCUT2D eigenvalue weighted by atomic mass is 10.1. The van der Waals surface area contributed by atoms with Crippen molar-refractivity contribution in [2.24, 2.45) is 0 Å². The van der Waals surface area contributed by atoms with E-state index in [2.05, 4.69) is 9.97 Å². The van der Waals surface area contributed by atoms with Gasteiger partial charge in [0.25, 0.3) is 0 Å². The number of nitrogens with two attached hydrogens (primary N) is 1. The second kappa shape index (κ2) is 3.71. The van der Waals surface area contributed by atoms with Gasteiger partial charge in [0.1, 0.15) is 11.6 Å². The summed E-state index contributed by atoms with van der Waals surface area (Å²) in [5.41, 5.74) is 8.08. The fourth-order valence-electron chi connectivity index (χ4n) is 1.86. The number of hydrogen-bond acceptors (Lipinski definition) is 5. The number of fused-ring (bicyclic) bond motifs is 1. The van der Waals surface area contributed by atoms with Crippen LogP contribution in [0.1, 0.15) is 11.3 Å². The maximum atomic E-state index is 9.75. The number of nitrogen functional groups attached to an aromatic ring is 1.